The minimum absolute atomic E-state index is 0.0707. The number of ether oxygens (including phenoxy) is 1. The average Bonchev–Trinajstić information content (AvgIpc) is 3.59. The van der Waals surface area contributed by atoms with E-state index in [2.05, 4.69) is 0 Å². The third-order valence-electron chi connectivity index (χ3n) is 8.05. The first-order valence-electron chi connectivity index (χ1n) is 12.4. The molecular formula is C26H28FN3O5. The lowest BCUT2D eigenvalue weighted by molar-refractivity contribution is 0.00497. The molecule has 35 heavy (non-hydrogen) atoms. The standard InChI is InChI=1S/C26H28FN3O5/c27-17-7-5-16(6-8-17)14-28-12-9-19-20(23(28)32)22(31)25(34)30-21(19)24(33)29(15-18-4-3-13-35-18)26(30)10-1-2-11-26/h5-8,18,31H,1-4,9-15H2. The lowest BCUT2D eigenvalue weighted by Crippen LogP contribution is -2.50. The predicted molar refractivity (Wildman–Crippen MR) is 124 cm³/mol. The van der Waals surface area contributed by atoms with Crippen molar-refractivity contribution < 1.29 is 23.8 Å². The number of aromatic nitrogens is 1. The molecular weight excluding hydrogens is 453 g/mol. The summed E-state index contributed by atoms with van der Waals surface area (Å²) in [6.07, 6.45) is 5.13. The molecule has 6 rings (SSSR count). The van der Waals surface area contributed by atoms with E-state index < -0.39 is 22.9 Å². The lowest BCUT2D eigenvalue weighted by Gasteiger charge is -2.37. The summed E-state index contributed by atoms with van der Waals surface area (Å²) >= 11 is 0. The number of pyridine rings is 1. The quantitative estimate of drug-likeness (QED) is 0.725. The van der Waals surface area contributed by atoms with Crippen LogP contribution in [0.2, 0.25) is 0 Å². The second kappa shape index (κ2) is 8.19. The van der Waals surface area contributed by atoms with Crippen LogP contribution < -0.4 is 5.56 Å². The zero-order valence-corrected chi connectivity index (χ0v) is 19.5. The Morgan fingerprint density at radius 2 is 1.80 bits per heavy atom. The van der Waals surface area contributed by atoms with E-state index in [9.17, 15) is 23.9 Å². The number of hydrogen-bond acceptors (Lipinski definition) is 5. The van der Waals surface area contributed by atoms with Crippen molar-refractivity contribution in [1.82, 2.24) is 14.4 Å². The fraction of sp³-hybridized carbons (Fsp3) is 0.500. The SMILES string of the molecule is O=C1c2c(c3n(c(=O)c2O)C2(CCCC2)N(CC2CCCO2)C3=O)CCN1Cc1ccc(F)cc1. The Labute approximate surface area is 201 Å². The van der Waals surface area contributed by atoms with Gasteiger partial charge in [-0.15, -0.1) is 0 Å². The third kappa shape index (κ3) is 3.31. The predicted octanol–water partition coefficient (Wildman–Crippen LogP) is 2.75. The lowest BCUT2D eigenvalue weighted by atomic mass is 9.95. The molecule has 0 radical (unpaired) electrons. The molecule has 2 aromatic rings. The zero-order chi connectivity index (χ0) is 24.3. The van der Waals surface area contributed by atoms with E-state index in [0.717, 1.165) is 31.2 Å². The molecule has 1 saturated carbocycles. The fourth-order valence-electron chi connectivity index (χ4n) is 6.39. The molecule has 1 saturated heterocycles. The van der Waals surface area contributed by atoms with Crippen LogP contribution in [0.25, 0.3) is 0 Å². The second-order valence-corrected chi connectivity index (χ2v) is 10.0. The van der Waals surface area contributed by atoms with Crippen molar-refractivity contribution in [1.29, 1.82) is 0 Å². The number of fused-ring (bicyclic) bond motifs is 4. The van der Waals surface area contributed by atoms with Gasteiger partial charge in [0.15, 0.2) is 5.75 Å². The molecule has 1 aliphatic carbocycles. The summed E-state index contributed by atoms with van der Waals surface area (Å²) in [5, 5.41) is 11.0. The molecule has 1 aromatic carbocycles. The van der Waals surface area contributed by atoms with Crippen LogP contribution in [0.15, 0.2) is 29.1 Å². The van der Waals surface area contributed by atoms with Gasteiger partial charge in [-0.05, 0) is 62.6 Å². The van der Waals surface area contributed by atoms with E-state index in [1.165, 1.54) is 21.6 Å². The molecule has 1 N–H and O–H groups in total. The van der Waals surface area contributed by atoms with Gasteiger partial charge in [0.2, 0.25) is 0 Å². The van der Waals surface area contributed by atoms with Crippen molar-refractivity contribution in [3.05, 3.63) is 62.8 Å². The highest BCUT2D eigenvalue weighted by Crippen LogP contribution is 2.47. The molecule has 184 valence electrons. The molecule has 4 aliphatic rings. The highest BCUT2D eigenvalue weighted by Gasteiger charge is 2.54. The highest BCUT2D eigenvalue weighted by atomic mass is 19.1. The number of nitrogens with zero attached hydrogens (tertiary/aromatic N) is 3. The van der Waals surface area contributed by atoms with Crippen molar-refractivity contribution in [3.63, 3.8) is 0 Å². The summed E-state index contributed by atoms with van der Waals surface area (Å²) in [7, 11) is 0. The molecule has 1 spiro atoms. The van der Waals surface area contributed by atoms with E-state index in [0.29, 0.717) is 44.5 Å². The van der Waals surface area contributed by atoms with Gasteiger partial charge in [0.1, 0.15) is 17.2 Å². The topological polar surface area (TPSA) is 92.1 Å². The van der Waals surface area contributed by atoms with Crippen LogP contribution in [0.4, 0.5) is 4.39 Å². The summed E-state index contributed by atoms with van der Waals surface area (Å²) in [6.45, 7) is 1.63. The zero-order valence-electron chi connectivity index (χ0n) is 19.5. The van der Waals surface area contributed by atoms with E-state index in [-0.39, 0.29) is 35.6 Å². The molecule has 8 nitrogen and oxygen atoms in total. The smallest absolute Gasteiger partial charge is 0.296 e. The van der Waals surface area contributed by atoms with Gasteiger partial charge in [-0.3, -0.25) is 19.0 Å². The van der Waals surface area contributed by atoms with Crippen molar-refractivity contribution >= 4 is 11.8 Å². The van der Waals surface area contributed by atoms with Crippen LogP contribution in [0, 0.1) is 5.82 Å². The van der Waals surface area contributed by atoms with Crippen LogP contribution in [0.1, 0.15) is 70.5 Å². The molecule has 1 aromatic heterocycles. The van der Waals surface area contributed by atoms with E-state index >= 15 is 0 Å². The van der Waals surface area contributed by atoms with Gasteiger partial charge in [0.25, 0.3) is 17.4 Å². The van der Waals surface area contributed by atoms with Crippen LogP contribution in [0.5, 0.6) is 5.75 Å². The first kappa shape index (κ1) is 22.3. The van der Waals surface area contributed by atoms with Gasteiger partial charge in [-0.2, -0.15) is 0 Å². The van der Waals surface area contributed by atoms with E-state index in [1.807, 2.05) is 0 Å². The van der Waals surface area contributed by atoms with Gasteiger partial charge >= 0.3 is 0 Å². The highest BCUT2D eigenvalue weighted by molar-refractivity contribution is 6.05. The molecule has 1 unspecified atom stereocenters. The van der Waals surface area contributed by atoms with Crippen LogP contribution >= 0.6 is 0 Å². The number of rotatable bonds is 4. The molecule has 0 bridgehead atoms. The van der Waals surface area contributed by atoms with Gasteiger partial charge in [0.05, 0.1) is 11.7 Å². The van der Waals surface area contributed by atoms with Crippen LogP contribution in [0.3, 0.4) is 0 Å². The number of amides is 2. The summed E-state index contributed by atoms with van der Waals surface area (Å²) in [5.41, 5.74) is -0.123. The molecule has 2 amide bonds. The first-order valence-corrected chi connectivity index (χ1v) is 12.4. The Bertz CT molecular complexity index is 1260. The Morgan fingerprint density at radius 3 is 2.49 bits per heavy atom. The van der Waals surface area contributed by atoms with Crippen molar-refractivity contribution in [2.24, 2.45) is 0 Å². The number of hydrogen-bond donors (Lipinski definition) is 1. The Kier molecular flexibility index (Phi) is 5.21. The summed E-state index contributed by atoms with van der Waals surface area (Å²) in [5.74, 6) is -1.69. The Balaban J connectivity index is 1.42. The minimum Gasteiger partial charge on any atom is -0.502 e. The number of benzene rings is 1. The second-order valence-electron chi connectivity index (χ2n) is 10.0. The molecule has 4 heterocycles. The molecule has 9 heteroatoms. The van der Waals surface area contributed by atoms with Crippen molar-refractivity contribution in [2.45, 2.75) is 63.3 Å². The average molecular weight is 482 g/mol. The number of halogens is 1. The number of carbonyl (C=O) groups excluding carboxylic acids is 2. The van der Waals surface area contributed by atoms with Crippen LogP contribution in [-0.2, 0) is 23.4 Å². The van der Waals surface area contributed by atoms with E-state index in [4.69, 9.17) is 4.74 Å². The van der Waals surface area contributed by atoms with Gasteiger partial charge in [-0.1, -0.05) is 12.1 Å². The summed E-state index contributed by atoms with van der Waals surface area (Å²) < 4.78 is 20.6. The van der Waals surface area contributed by atoms with E-state index in [1.54, 1.807) is 17.0 Å². The maximum absolute atomic E-state index is 13.9. The van der Waals surface area contributed by atoms with Crippen molar-refractivity contribution in [2.75, 3.05) is 19.7 Å². The monoisotopic (exact) mass is 481 g/mol. The third-order valence-corrected chi connectivity index (χ3v) is 8.05. The minimum atomic E-state index is -0.809. The van der Waals surface area contributed by atoms with Crippen LogP contribution in [-0.4, -0.2) is 57.1 Å². The first-order chi connectivity index (χ1) is 16.9. The molecule has 3 aliphatic heterocycles. The molecule has 2 fully saturated rings. The summed E-state index contributed by atoms with van der Waals surface area (Å²) in [6, 6.07) is 5.87. The van der Waals surface area contributed by atoms with Gasteiger partial charge in [-0.25, -0.2) is 4.39 Å². The van der Waals surface area contributed by atoms with Gasteiger partial charge in [0, 0.05) is 31.8 Å². The maximum Gasteiger partial charge on any atom is 0.296 e. The Morgan fingerprint density at radius 1 is 1.06 bits per heavy atom. The molecule has 1 atom stereocenters. The summed E-state index contributed by atoms with van der Waals surface area (Å²) in [4.78, 5) is 44.2. The largest absolute Gasteiger partial charge is 0.502 e. The maximum atomic E-state index is 13.9. The number of aromatic hydroxyl groups is 1. The Hall–Kier alpha value is -3.20. The van der Waals surface area contributed by atoms with Crippen molar-refractivity contribution in [3.8, 4) is 5.75 Å². The fourth-order valence-corrected chi connectivity index (χ4v) is 6.39. The normalized spacial score (nSPS) is 22.8. The van der Waals surface area contributed by atoms with Gasteiger partial charge < -0.3 is 19.6 Å². The number of carbonyl (C=O) groups is 2.